The molecule has 1 heterocycles. The van der Waals surface area contributed by atoms with Gasteiger partial charge in [0.1, 0.15) is 5.75 Å². The number of hydrogen-bond acceptors (Lipinski definition) is 5. The van der Waals surface area contributed by atoms with Crippen LogP contribution in [0.1, 0.15) is 23.0 Å². The number of primary amides is 1. The first-order valence-electron chi connectivity index (χ1n) is 6.58. The molecule has 0 bridgehead atoms. The molecule has 2 amide bonds. The number of nitrogens with zero attached hydrogens (tertiary/aromatic N) is 1. The molecule has 1 aromatic carbocycles. The molecule has 1 aromatic heterocycles. The normalized spacial score (nSPS) is 11.1. The minimum absolute atomic E-state index is 0.131. The van der Waals surface area contributed by atoms with Crippen molar-refractivity contribution in [1.29, 1.82) is 0 Å². The Balaban J connectivity index is 2.11. The Morgan fingerprint density at radius 2 is 2.04 bits per heavy atom. The summed E-state index contributed by atoms with van der Waals surface area (Å²) in [5, 5.41) is 4.01. The average Bonchev–Trinajstić information content (AvgIpc) is 2.97. The van der Waals surface area contributed by atoms with Crippen molar-refractivity contribution in [2.75, 3.05) is 6.61 Å². The molecule has 0 saturated carbocycles. The van der Waals surface area contributed by atoms with Crippen molar-refractivity contribution in [3.05, 3.63) is 52.4 Å². The van der Waals surface area contributed by atoms with Crippen molar-refractivity contribution in [2.24, 2.45) is 10.8 Å². The summed E-state index contributed by atoms with van der Waals surface area (Å²) >= 11 is 3.12. The first kappa shape index (κ1) is 16.8. The molecule has 0 unspecified atom stereocenters. The summed E-state index contributed by atoms with van der Waals surface area (Å²) in [6, 6.07) is 10.1. The molecule has 0 aliphatic carbocycles. The van der Waals surface area contributed by atoms with Crippen LogP contribution in [-0.4, -0.2) is 24.1 Å². The van der Waals surface area contributed by atoms with Gasteiger partial charge in [-0.05, 0) is 47.1 Å². The zero-order valence-corrected chi connectivity index (χ0v) is 13.8. The Morgan fingerprint density at radius 1 is 1.30 bits per heavy atom. The van der Waals surface area contributed by atoms with E-state index in [1.807, 2.05) is 0 Å². The maximum atomic E-state index is 11.9. The van der Waals surface area contributed by atoms with Gasteiger partial charge in [-0.2, -0.15) is 5.10 Å². The van der Waals surface area contributed by atoms with Crippen molar-refractivity contribution in [2.45, 2.75) is 6.92 Å². The highest BCUT2D eigenvalue weighted by atomic mass is 79.9. The second-order valence-corrected chi connectivity index (χ2v) is 5.27. The van der Waals surface area contributed by atoms with Crippen LogP contribution in [0.4, 0.5) is 0 Å². The van der Waals surface area contributed by atoms with Crippen LogP contribution in [-0.2, 0) is 4.79 Å². The summed E-state index contributed by atoms with van der Waals surface area (Å²) in [5.41, 5.74) is 8.59. The number of nitrogens with one attached hydrogen (secondary N) is 1. The van der Waals surface area contributed by atoms with Gasteiger partial charge in [0.2, 0.25) is 0 Å². The number of hydrazone groups is 1. The van der Waals surface area contributed by atoms with E-state index in [0.29, 0.717) is 21.7 Å². The van der Waals surface area contributed by atoms with E-state index in [1.165, 1.54) is 6.07 Å². The minimum Gasteiger partial charge on any atom is -0.483 e. The monoisotopic (exact) mass is 379 g/mol. The van der Waals surface area contributed by atoms with E-state index in [9.17, 15) is 9.59 Å². The third-order valence-corrected chi connectivity index (χ3v) is 3.20. The van der Waals surface area contributed by atoms with Crippen LogP contribution in [0.15, 0.2) is 50.6 Å². The number of carbonyl (C=O) groups excluding carboxylic acids is 2. The first-order chi connectivity index (χ1) is 11.0. The standard InChI is InChI=1S/C15H14BrN3O4/c1-9(18-19-15(21)12-6-7-13(16)23-12)10-4-2-3-5-11(10)22-8-14(17)20/h2-7H,8H2,1H3,(H2,17,20)(H,19,21)/b18-9+. The van der Waals surface area contributed by atoms with Crippen LogP contribution < -0.4 is 15.9 Å². The Kier molecular flexibility index (Phi) is 5.53. The van der Waals surface area contributed by atoms with E-state index in [2.05, 4.69) is 26.5 Å². The van der Waals surface area contributed by atoms with Gasteiger partial charge in [0.15, 0.2) is 17.0 Å². The van der Waals surface area contributed by atoms with E-state index in [4.69, 9.17) is 14.9 Å². The van der Waals surface area contributed by atoms with Crippen molar-refractivity contribution < 1.29 is 18.7 Å². The Bertz CT molecular complexity index is 755. The van der Waals surface area contributed by atoms with Gasteiger partial charge in [0.05, 0.1) is 5.71 Å². The number of furan rings is 1. The number of benzene rings is 1. The lowest BCUT2D eigenvalue weighted by molar-refractivity contribution is -0.119. The second kappa shape index (κ2) is 7.59. The number of ether oxygens (including phenoxy) is 1. The lowest BCUT2D eigenvalue weighted by Gasteiger charge is -2.09. The molecule has 0 atom stereocenters. The van der Waals surface area contributed by atoms with Crippen LogP contribution in [0.25, 0.3) is 0 Å². The highest BCUT2D eigenvalue weighted by molar-refractivity contribution is 9.10. The van der Waals surface area contributed by atoms with E-state index in [-0.39, 0.29) is 12.4 Å². The Hall–Kier alpha value is -2.61. The Labute approximate surface area is 140 Å². The highest BCUT2D eigenvalue weighted by Gasteiger charge is 2.11. The molecule has 0 aliphatic heterocycles. The van der Waals surface area contributed by atoms with E-state index in [0.717, 1.165) is 0 Å². The maximum absolute atomic E-state index is 11.9. The third kappa shape index (κ3) is 4.68. The average molecular weight is 380 g/mol. The smallest absolute Gasteiger partial charge is 0.307 e. The SMILES string of the molecule is C/C(=N\NC(=O)c1ccc(Br)o1)c1ccccc1OCC(N)=O. The fourth-order valence-corrected chi connectivity index (χ4v) is 2.03. The van der Waals surface area contributed by atoms with Crippen LogP contribution in [0.3, 0.4) is 0 Å². The zero-order chi connectivity index (χ0) is 16.8. The summed E-state index contributed by atoms with van der Waals surface area (Å²) in [7, 11) is 0. The number of carbonyl (C=O) groups is 2. The van der Waals surface area contributed by atoms with Crippen molar-refractivity contribution >= 4 is 33.5 Å². The minimum atomic E-state index is -0.578. The lowest BCUT2D eigenvalue weighted by atomic mass is 10.1. The van der Waals surface area contributed by atoms with Crippen LogP contribution >= 0.6 is 15.9 Å². The lowest BCUT2D eigenvalue weighted by Crippen LogP contribution is -2.21. The predicted octanol–water partition coefficient (Wildman–Crippen LogP) is 2.06. The molecule has 3 N–H and O–H groups in total. The van der Waals surface area contributed by atoms with Gasteiger partial charge in [0, 0.05) is 5.56 Å². The summed E-state index contributed by atoms with van der Waals surface area (Å²) in [5.74, 6) is -0.481. The van der Waals surface area contributed by atoms with Crippen molar-refractivity contribution in [1.82, 2.24) is 5.43 Å². The van der Waals surface area contributed by atoms with Crippen LogP contribution in [0.2, 0.25) is 0 Å². The summed E-state index contributed by atoms with van der Waals surface area (Å²) in [6.45, 7) is 1.46. The fourth-order valence-electron chi connectivity index (χ4n) is 1.73. The van der Waals surface area contributed by atoms with Gasteiger partial charge < -0.3 is 14.9 Å². The number of rotatable bonds is 6. The molecule has 0 fully saturated rings. The molecule has 0 spiro atoms. The van der Waals surface area contributed by atoms with Gasteiger partial charge in [-0.25, -0.2) is 5.43 Å². The molecule has 0 saturated heterocycles. The predicted molar refractivity (Wildman–Crippen MR) is 87.2 cm³/mol. The van der Waals surface area contributed by atoms with Gasteiger partial charge >= 0.3 is 5.91 Å². The molecule has 2 rings (SSSR count). The second-order valence-electron chi connectivity index (χ2n) is 4.49. The fraction of sp³-hybridized carbons (Fsp3) is 0.133. The molecule has 2 aromatic rings. The molecule has 0 aliphatic rings. The van der Waals surface area contributed by atoms with Crippen LogP contribution in [0, 0.1) is 0 Å². The van der Waals surface area contributed by atoms with Gasteiger partial charge in [0.25, 0.3) is 5.91 Å². The molecule has 7 nitrogen and oxygen atoms in total. The number of amides is 2. The van der Waals surface area contributed by atoms with Gasteiger partial charge in [-0.1, -0.05) is 12.1 Å². The van der Waals surface area contributed by atoms with Gasteiger partial charge in [-0.15, -0.1) is 0 Å². The molecule has 120 valence electrons. The molecular weight excluding hydrogens is 366 g/mol. The summed E-state index contributed by atoms with van der Waals surface area (Å²) in [6.07, 6.45) is 0. The number of para-hydroxylation sites is 1. The number of halogens is 1. The highest BCUT2D eigenvalue weighted by Crippen LogP contribution is 2.19. The number of hydrogen-bond donors (Lipinski definition) is 2. The van der Waals surface area contributed by atoms with E-state index < -0.39 is 11.8 Å². The van der Waals surface area contributed by atoms with Crippen LogP contribution in [0.5, 0.6) is 5.75 Å². The largest absolute Gasteiger partial charge is 0.483 e. The topological polar surface area (TPSA) is 107 Å². The molecule has 8 heteroatoms. The maximum Gasteiger partial charge on any atom is 0.307 e. The van der Waals surface area contributed by atoms with Crippen molar-refractivity contribution in [3.8, 4) is 5.75 Å². The quantitative estimate of drug-likeness (QED) is 0.591. The summed E-state index contributed by atoms with van der Waals surface area (Å²) in [4.78, 5) is 22.7. The van der Waals surface area contributed by atoms with Crippen molar-refractivity contribution in [3.63, 3.8) is 0 Å². The molecule has 23 heavy (non-hydrogen) atoms. The number of nitrogens with two attached hydrogens (primary N) is 1. The molecular formula is C15H14BrN3O4. The van der Waals surface area contributed by atoms with E-state index >= 15 is 0 Å². The van der Waals surface area contributed by atoms with E-state index in [1.54, 1.807) is 37.3 Å². The van der Waals surface area contributed by atoms with Gasteiger partial charge in [-0.3, -0.25) is 9.59 Å². The zero-order valence-electron chi connectivity index (χ0n) is 12.2. The third-order valence-electron chi connectivity index (χ3n) is 2.77. The Morgan fingerprint density at radius 3 is 2.70 bits per heavy atom. The summed E-state index contributed by atoms with van der Waals surface area (Å²) < 4.78 is 10.9. The first-order valence-corrected chi connectivity index (χ1v) is 7.37. The molecule has 0 radical (unpaired) electrons.